The van der Waals surface area contributed by atoms with E-state index in [1.54, 1.807) is 19.0 Å². The van der Waals surface area contributed by atoms with Gasteiger partial charge in [-0.3, -0.25) is 9.48 Å². The van der Waals surface area contributed by atoms with E-state index in [-0.39, 0.29) is 5.91 Å². The summed E-state index contributed by atoms with van der Waals surface area (Å²) in [5, 5.41) is 9.03. The van der Waals surface area contributed by atoms with E-state index in [9.17, 15) is 4.79 Å². The first-order valence-electron chi connectivity index (χ1n) is 9.27. The summed E-state index contributed by atoms with van der Waals surface area (Å²) < 4.78 is 2.04. The van der Waals surface area contributed by atoms with Gasteiger partial charge in [-0.1, -0.05) is 30.7 Å². The van der Waals surface area contributed by atoms with Gasteiger partial charge in [-0.05, 0) is 43.4 Å². The molecule has 0 fully saturated rings. The molecule has 1 heterocycles. The summed E-state index contributed by atoms with van der Waals surface area (Å²) in [4.78, 5) is 14.2. The van der Waals surface area contributed by atoms with Gasteiger partial charge < -0.3 is 10.2 Å². The number of amides is 1. The van der Waals surface area contributed by atoms with Gasteiger partial charge in [-0.2, -0.15) is 5.10 Å². The third kappa shape index (κ3) is 4.10. The number of halogens is 1. The van der Waals surface area contributed by atoms with Crippen molar-refractivity contribution in [3.05, 3.63) is 51.8 Å². The van der Waals surface area contributed by atoms with Gasteiger partial charge in [-0.15, -0.1) is 0 Å². The van der Waals surface area contributed by atoms with Crippen molar-refractivity contribution in [2.24, 2.45) is 0 Å². The molecule has 1 aliphatic rings. The van der Waals surface area contributed by atoms with Crippen LogP contribution in [0, 0.1) is 0 Å². The maximum atomic E-state index is 12.6. The van der Waals surface area contributed by atoms with Crippen molar-refractivity contribution in [2.45, 2.75) is 51.7 Å². The summed E-state index contributed by atoms with van der Waals surface area (Å²) >= 11 is 5.95. The second-order valence-corrected chi connectivity index (χ2v) is 7.58. The molecule has 5 nitrogen and oxygen atoms in total. The van der Waals surface area contributed by atoms with Crippen molar-refractivity contribution in [1.29, 1.82) is 0 Å². The van der Waals surface area contributed by atoms with Crippen LogP contribution in [0.4, 0.5) is 0 Å². The van der Waals surface area contributed by atoms with E-state index in [0.717, 1.165) is 49.4 Å². The molecule has 0 radical (unpaired) electrons. The highest BCUT2D eigenvalue weighted by Crippen LogP contribution is 2.26. The molecule has 3 rings (SSSR count). The third-order valence-electron chi connectivity index (χ3n) is 4.90. The lowest BCUT2D eigenvalue weighted by atomic mass is 9.91. The highest BCUT2D eigenvalue weighted by molar-refractivity contribution is 6.30. The number of carbonyl (C=O) groups is 1. The molecule has 1 aromatic carbocycles. The fourth-order valence-corrected chi connectivity index (χ4v) is 3.63. The molecule has 0 saturated carbocycles. The maximum absolute atomic E-state index is 12.6. The molecule has 0 spiro atoms. The fraction of sp³-hybridized carbons (Fsp3) is 0.500. The monoisotopic (exact) mass is 374 g/mol. The van der Waals surface area contributed by atoms with E-state index in [1.807, 2.05) is 28.9 Å². The zero-order valence-electron chi connectivity index (χ0n) is 15.8. The Morgan fingerprint density at radius 1 is 1.35 bits per heavy atom. The number of nitrogens with zero attached hydrogens (tertiary/aromatic N) is 3. The van der Waals surface area contributed by atoms with Crippen molar-refractivity contribution in [3.63, 3.8) is 0 Å². The van der Waals surface area contributed by atoms with Crippen LogP contribution in [0.5, 0.6) is 0 Å². The van der Waals surface area contributed by atoms with Crippen LogP contribution in [-0.2, 0) is 25.9 Å². The molecule has 26 heavy (non-hydrogen) atoms. The molecule has 1 unspecified atom stereocenters. The van der Waals surface area contributed by atoms with Crippen molar-refractivity contribution in [3.8, 4) is 0 Å². The molecule has 6 heteroatoms. The lowest BCUT2D eigenvalue weighted by Crippen LogP contribution is -2.35. The molecular formula is C20H27ClN4O. The van der Waals surface area contributed by atoms with Crippen LogP contribution in [0.3, 0.4) is 0 Å². The average Bonchev–Trinajstić information content (AvgIpc) is 2.98. The van der Waals surface area contributed by atoms with Crippen LogP contribution in [0.1, 0.15) is 47.1 Å². The number of hydrogen-bond donors (Lipinski definition) is 1. The third-order valence-corrected chi connectivity index (χ3v) is 5.15. The predicted molar refractivity (Wildman–Crippen MR) is 105 cm³/mol. The van der Waals surface area contributed by atoms with Crippen molar-refractivity contribution in [1.82, 2.24) is 20.0 Å². The lowest BCUT2D eigenvalue weighted by molar-refractivity contribution is 0.0819. The molecule has 1 atom stereocenters. The van der Waals surface area contributed by atoms with Crippen molar-refractivity contribution < 1.29 is 4.79 Å². The van der Waals surface area contributed by atoms with E-state index < -0.39 is 0 Å². The minimum atomic E-state index is -0.00513. The van der Waals surface area contributed by atoms with E-state index in [2.05, 4.69) is 17.3 Å². The summed E-state index contributed by atoms with van der Waals surface area (Å²) in [7, 11) is 3.57. The Labute approximate surface area is 160 Å². The Balaban J connectivity index is 1.75. The minimum absolute atomic E-state index is 0.00513. The molecule has 1 amide bonds. The smallest absolute Gasteiger partial charge is 0.274 e. The molecule has 1 aromatic heterocycles. The fourth-order valence-electron chi connectivity index (χ4n) is 3.51. The summed E-state index contributed by atoms with van der Waals surface area (Å²) in [5.41, 5.74) is 4.20. The van der Waals surface area contributed by atoms with Crippen molar-refractivity contribution in [2.75, 3.05) is 14.1 Å². The summed E-state index contributed by atoms with van der Waals surface area (Å²) in [6.45, 7) is 3.81. The first-order chi connectivity index (χ1) is 12.5. The predicted octanol–water partition coefficient (Wildman–Crippen LogP) is 3.30. The van der Waals surface area contributed by atoms with Gasteiger partial charge in [0.15, 0.2) is 5.69 Å². The molecule has 140 valence electrons. The number of carbonyl (C=O) groups excluding carboxylic acids is 1. The number of aromatic nitrogens is 2. The Hall–Kier alpha value is -1.85. The number of hydrogen-bond acceptors (Lipinski definition) is 3. The first kappa shape index (κ1) is 18.9. The van der Waals surface area contributed by atoms with Crippen LogP contribution >= 0.6 is 11.6 Å². The summed E-state index contributed by atoms with van der Waals surface area (Å²) in [5.74, 6) is -0.00513. The van der Waals surface area contributed by atoms with Gasteiger partial charge >= 0.3 is 0 Å². The molecule has 0 saturated heterocycles. The zero-order chi connectivity index (χ0) is 18.7. The zero-order valence-corrected chi connectivity index (χ0v) is 16.5. The molecule has 2 aromatic rings. The minimum Gasteiger partial charge on any atom is -0.343 e. The Bertz CT molecular complexity index is 767. The molecule has 0 bridgehead atoms. The molecule has 0 aliphatic heterocycles. The van der Waals surface area contributed by atoms with Gasteiger partial charge in [0.05, 0.1) is 0 Å². The average molecular weight is 375 g/mol. The number of aryl methyl sites for hydroxylation is 1. The Morgan fingerprint density at radius 2 is 2.08 bits per heavy atom. The highest BCUT2D eigenvalue weighted by atomic mass is 35.5. The van der Waals surface area contributed by atoms with Crippen LogP contribution in [0.25, 0.3) is 0 Å². The van der Waals surface area contributed by atoms with Crippen molar-refractivity contribution >= 4 is 17.5 Å². The quantitative estimate of drug-likeness (QED) is 0.844. The van der Waals surface area contributed by atoms with Crippen LogP contribution < -0.4 is 5.32 Å². The second-order valence-electron chi connectivity index (χ2n) is 7.14. The maximum Gasteiger partial charge on any atom is 0.274 e. The molecule has 1 N–H and O–H groups in total. The van der Waals surface area contributed by atoms with E-state index in [0.29, 0.717) is 11.7 Å². The summed E-state index contributed by atoms with van der Waals surface area (Å²) in [6.07, 6.45) is 3.89. The second kappa shape index (κ2) is 8.23. The number of fused-ring (bicyclic) bond motifs is 1. The standard InChI is InChI=1S/C20H27ClN4O/c1-4-11-25-18-10-9-16(22-13-14-5-7-15(21)8-6-14)12-17(18)19(23-25)20(26)24(2)3/h5-8,16,22H,4,9-13H2,1-3H3. The summed E-state index contributed by atoms with van der Waals surface area (Å²) in [6, 6.07) is 8.28. The lowest BCUT2D eigenvalue weighted by Gasteiger charge is -2.25. The van der Waals surface area contributed by atoms with Crippen LogP contribution in [0.2, 0.25) is 5.02 Å². The highest BCUT2D eigenvalue weighted by Gasteiger charge is 2.29. The van der Waals surface area contributed by atoms with Gasteiger partial charge in [0.25, 0.3) is 5.91 Å². The Morgan fingerprint density at radius 3 is 2.73 bits per heavy atom. The number of benzene rings is 1. The topological polar surface area (TPSA) is 50.2 Å². The SMILES string of the molecule is CCCn1nc(C(=O)N(C)C)c2c1CCC(NCc1ccc(Cl)cc1)C2. The van der Waals surface area contributed by atoms with Crippen LogP contribution in [0.15, 0.2) is 24.3 Å². The van der Waals surface area contributed by atoms with Gasteiger partial charge in [0.2, 0.25) is 0 Å². The van der Waals surface area contributed by atoms with Gasteiger partial charge in [0, 0.05) is 49.5 Å². The number of nitrogens with one attached hydrogen (secondary N) is 1. The van der Waals surface area contributed by atoms with E-state index in [1.165, 1.54) is 11.3 Å². The molecular weight excluding hydrogens is 348 g/mol. The largest absolute Gasteiger partial charge is 0.343 e. The Kier molecular flexibility index (Phi) is 5.99. The molecule has 1 aliphatic carbocycles. The van der Waals surface area contributed by atoms with E-state index in [4.69, 9.17) is 11.6 Å². The number of rotatable bonds is 6. The van der Waals surface area contributed by atoms with Gasteiger partial charge in [-0.25, -0.2) is 0 Å². The van der Waals surface area contributed by atoms with Gasteiger partial charge in [0.1, 0.15) is 0 Å². The van der Waals surface area contributed by atoms with E-state index >= 15 is 0 Å². The first-order valence-corrected chi connectivity index (χ1v) is 9.65. The van der Waals surface area contributed by atoms with Crippen LogP contribution in [-0.4, -0.2) is 40.7 Å². The normalized spacial score (nSPS) is 16.4.